The van der Waals surface area contributed by atoms with Crippen LogP contribution in [0.2, 0.25) is 0 Å². The lowest BCUT2D eigenvalue weighted by Gasteiger charge is -2.25. The Bertz CT molecular complexity index is 376. The minimum atomic E-state index is -1.04. The Morgan fingerprint density at radius 1 is 0.950 bits per heavy atom. The van der Waals surface area contributed by atoms with Crippen LogP contribution in [0, 0.1) is 0 Å². The Hall–Kier alpha value is -1.59. The van der Waals surface area contributed by atoms with Gasteiger partial charge in [0.15, 0.2) is 0 Å². The second-order valence-corrected chi connectivity index (χ2v) is 6.64. The Balaban J connectivity index is 4.77. The van der Waals surface area contributed by atoms with Crippen molar-refractivity contribution in [1.29, 1.82) is 0 Å². The zero-order chi connectivity index (χ0) is 16.1. The van der Waals surface area contributed by atoms with E-state index in [1.807, 2.05) is 0 Å². The number of ketones is 1. The first-order valence-electron chi connectivity index (χ1n) is 6.52. The van der Waals surface area contributed by atoms with E-state index in [0.29, 0.717) is 0 Å². The molecule has 0 radical (unpaired) electrons. The van der Waals surface area contributed by atoms with Gasteiger partial charge in [-0.2, -0.15) is 0 Å². The van der Waals surface area contributed by atoms with E-state index in [9.17, 15) is 14.4 Å². The van der Waals surface area contributed by atoms with Crippen molar-refractivity contribution in [3.05, 3.63) is 0 Å². The van der Waals surface area contributed by atoms with Crippen LogP contribution in [0.5, 0.6) is 0 Å². The molecule has 0 saturated heterocycles. The Kier molecular flexibility index (Phi) is 6.19. The highest BCUT2D eigenvalue weighted by molar-refractivity contribution is 5.88. The van der Waals surface area contributed by atoms with Crippen molar-refractivity contribution in [2.75, 3.05) is 0 Å². The molecule has 0 aliphatic carbocycles. The number of hydrogen-bond donors (Lipinski definition) is 1. The Labute approximate surface area is 120 Å². The summed E-state index contributed by atoms with van der Waals surface area (Å²) in [5, 5.41) is 2.37. The van der Waals surface area contributed by atoms with Crippen LogP contribution >= 0.6 is 0 Å². The van der Waals surface area contributed by atoms with E-state index in [0.717, 1.165) is 0 Å². The maximum Gasteiger partial charge on any atom is 0.408 e. The second kappa shape index (κ2) is 6.72. The van der Waals surface area contributed by atoms with Gasteiger partial charge in [0, 0.05) is 6.42 Å². The molecule has 0 heterocycles. The van der Waals surface area contributed by atoms with Gasteiger partial charge in [-0.3, -0.25) is 4.79 Å². The van der Waals surface area contributed by atoms with Crippen LogP contribution in [0.25, 0.3) is 0 Å². The lowest BCUT2D eigenvalue weighted by Crippen LogP contribution is -2.46. The third-order valence-electron chi connectivity index (χ3n) is 1.87. The highest BCUT2D eigenvalue weighted by Crippen LogP contribution is 2.11. The van der Waals surface area contributed by atoms with Crippen LogP contribution in [0.3, 0.4) is 0 Å². The van der Waals surface area contributed by atoms with Crippen LogP contribution in [-0.2, 0) is 19.1 Å². The SMILES string of the molecule is CC(=O)CC(NC(=O)OC(C)(C)C)C(=O)OC(C)(C)C. The van der Waals surface area contributed by atoms with Gasteiger partial charge in [-0.1, -0.05) is 0 Å². The standard InChI is InChI=1S/C14H25NO5/c1-9(16)8-10(11(17)19-13(2,3)4)15-12(18)20-14(5,6)7/h10H,8H2,1-7H3,(H,15,18). The summed E-state index contributed by atoms with van der Waals surface area (Å²) < 4.78 is 10.2. The zero-order valence-corrected chi connectivity index (χ0v) is 13.3. The molecule has 116 valence electrons. The topological polar surface area (TPSA) is 81.7 Å². The van der Waals surface area contributed by atoms with Crippen LogP contribution < -0.4 is 5.32 Å². The van der Waals surface area contributed by atoms with E-state index in [2.05, 4.69) is 5.32 Å². The maximum atomic E-state index is 12.0. The molecule has 0 aliphatic heterocycles. The maximum absolute atomic E-state index is 12.0. The summed E-state index contributed by atoms with van der Waals surface area (Å²) in [6, 6.07) is -1.04. The third-order valence-corrected chi connectivity index (χ3v) is 1.87. The Morgan fingerprint density at radius 3 is 1.75 bits per heavy atom. The average molecular weight is 287 g/mol. The number of Topliss-reactive ketones (excluding diaryl/α,β-unsaturated/α-hetero) is 1. The summed E-state index contributed by atoms with van der Waals surface area (Å²) in [7, 11) is 0. The van der Waals surface area contributed by atoms with Gasteiger partial charge in [0.25, 0.3) is 0 Å². The second-order valence-electron chi connectivity index (χ2n) is 6.64. The fourth-order valence-electron chi connectivity index (χ4n) is 1.30. The lowest BCUT2D eigenvalue weighted by molar-refractivity contribution is -0.158. The molecule has 0 fully saturated rings. The van der Waals surface area contributed by atoms with Gasteiger partial charge in [0.2, 0.25) is 0 Å². The smallest absolute Gasteiger partial charge is 0.408 e. The van der Waals surface area contributed by atoms with Crippen molar-refractivity contribution in [3.8, 4) is 0 Å². The van der Waals surface area contributed by atoms with Gasteiger partial charge < -0.3 is 14.8 Å². The first-order valence-corrected chi connectivity index (χ1v) is 6.52. The average Bonchev–Trinajstić information content (AvgIpc) is 2.09. The normalized spacial score (nSPS) is 13.3. The third kappa shape index (κ3) is 9.35. The van der Waals surface area contributed by atoms with Crippen molar-refractivity contribution in [3.63, 3.8) is 0 Å². The number of carbonyl (C=O) groups excluding carboxylic acids is 3. The quantitative estimate of drug-likeness (QED) is 0.802. The van der Waals surface area contributed by atoms with Crippen molar-refractivity contribution in [2.45, 2.75) is 72.1 Å². The number of hydrogen-bond acceptors (Lipinski definition) is 5. The van der Waals surface area contributed by atoms with Gasteiger partial charge in [-0.15, -0.1) is 0 Å². The van der Waals surface area contributed by atoms with Gasteiger partial charge in [0.05, 0.1) is 0 Å². The molecule has 20 heavy (non-hydrogen) atoms. The van der Waals surface area contributed by atoms with Crippen LogP contribution in [0.15, 0.2) is 0 Å². The van der Waals surface area contributed by atoms with E-state index in [1.165, 1.54) is 6.92 Å². The molecule has 1 N–H and O–H groups in total. The summed E-state index contributed by atoms with van der Waals surface area (Å²) in [6.45, 7) is 11.6. The highest BCUT2D eigenvalue weighted by atomic mass is 16.6. The van der Waals surface area contributed by atoms with E-state index < -0.39 is 29.3 Å². The highest BCUT2D eigenvalue weighted by Gasteiger charge is 2.29. The number of carbonyl (C=O) groups is 3. The molecule has 1 atom stereocenters. The molecule has 1 unspecified atom stereocenters. The van der Waals surface area contributed by atoms with Gasteiger partial charge in [-0.25, -0.2) is 9.59 Å². The summed E-state index contributed by atoms with van der Waals surface area (Å²) in [5.41, 5.74) is -1.37. The van der Waals surface area contributed by atoms with Crippen LogP contribution in [0.4, 0.5) is 4.79 Å². The first-order chi connectivity index (χ1) is 8.80. The number of alkyl carbamates (subject to hydrolysis) is 1. The minimum Gasteiger partial charge on any atom is -0.458 e. The predicted octanol–water partition coefficient (Wildman–Crippen LogP) is 2.20. The van der Waals surface area contributed by atoms with E-state index in [1.54, 1.807) is 41.5 Å². The number of rotatable bonds is 4. The van der Waals surface area contributed by atoms with Gasteiger partial charge >= 0.3 is 12.1 Å². The molecule has 0 aromatic carbocycles. The summed E-state index contributed by atoms with van der Waals surface area (Å²) in [6.07, 6.45) is -0.886. The molecule has 0 aromatic heterocycles. The predicted molar refractivity (Wildman–Crippen MR) is 74.3 cm³/mol. The number of nitrogens with one attached hydrogen (secondary N) is 1. The number of ether oxygens (including phenoxy) is 2. The van der Waals surface area contributed by atoms with Crippen molar-refractivity contribution >= 4 is 17.8 Å². The van der Waals surface area contributed by atoms with E-state index >= 15 is 0 Å². The minimum absolute atomic E-state index is 0.131. The molecule has 0 aliphatic rings. The summed E-state index contributed by atoms with van der Waals surface area (Å²) in [5.74, 6) is -0.879. The Morgan fingerprint density at radius 2 is 1.40 bits per heavy atom. The zero-order valence-electron chi connectivity index (χ0n) is 13.3. The molecule has 0 spiro atoms. The summed E-state index contributed by atoms with van der Waals surface area (Å²) in [4.78, 5) is 34.8. The molecular formula is C14H25NO5. The molecule has 1 amide bonds. The molecule has 0 rings (SSSR count). The molecule has 6 nitrogen and oxygen atoms in total. The fraction of sp³-hybridized carbons (Fsp3) is 0.786. The van der Waals surface area contributed by atoms with Gasteiger partial charge in [-0.05, 0) is 48.5 Å². The lowest BCUT2D eigenvalue weighted by atomic mass is 10.1. The van der Waals surface area contributed by atoms with Crippen molar-refractivity contribution < 1.29 is 23.9 Å². The first kappa shape index (κ1) is 18.4. The van der Waals surface area contributed by atoms with E-state index in [4.69, 9.17) is 9.47 Å². The van der Waals surface area contributed by atoms with Crippen LogP contribution in [-0.4, -0.2) is 35.1 Å². The summed E-state index contributed by atoms with van der Waals surface area (Å²) >= 11 is 0. The van der Waals surface area contributed by atoms with Crippen LogP contribution in [0.1, 0.15) is 54.9 Å². The molecule has 0 saturated carbocycles. The van der Waals surface area contributed by atoms with E-state index in [-0.39, 0.29) is 12.2 Å². The number of esters is 1. The largest absolute Gasteiger partial charge is 0.458 e. The molecule has 6 heteroatoms. The van der Waals surface area contributed by atoms with Crippen molar-refractivity contribution in [1.82, 2.24) is 5.32 Å². The molecular weight excluding hydrogens is 262 g/mol. The number of amides is 1. The molecule has 0 bridgehead atoms. The van der Waals surface area contributed by atoms with Crippen molar-refractivity contribution in [2.24, 2.45) is 0 Å². The monoisotopic (exact) mass is 287 g/mol. The molecule has 0 aromatic rings. The fourth-order valence-corrected chi connectivity index (χ4v) is 1.30. The van der Waals surface area contributed by atoms with Gasteiger partial charge in [0.1, 0.15) is 23.0 Å².